The Morgan fingerprint density at radius 2 is 1.42 bits per heavy atom. The second kappa shape index (κ2) is 7.52. The summed E-state index contributed by atoms with van der Waals surface area (Å²) in [5, 5.41) is 12.4. The Morgan fingerprint density at radius 3 is 2.21 bits per heavy atom. The first kappa shape index (κ1) is 15.9. The van der Waals surface area contributed by atoms with Crippen LogP contribution >= 0.6 is 12.8 Å². The smallest absolute Gasteiger partial charge is 0.109 e. The number of anilines is 1. The van der Waals surface area contributed by atoms with Gasteiger partial charge in [0.2, 0.25) is 0 Å². The molecule has 0 aliphatic heterocycles. The third kappa shape index (κ3) is 3.85. The molecule has 0 unspecified atom stereocenters. The van der Waals surface area contributed by atoms with Crippen LogP contribution in [0, 0.1) is 0 Å². The summed E-state index contributed by atoms with van der Waals surface area (Å²) in [5.74, 6) is 0. The van der Waals surface area contributed by atoms with Crippen molar-refractivity contribution in [2.75, 3.05) is 5.73 Å². The highest BCUT2D eigenvalue weighted by atomic mass is 32.1. The normalized spacial score (nSPS) is 11.4. The molecule has 0 fully saturated rings. The summed E-state index contributed by atoms with van der Waals surface area (Å²) in [7, 11) is 0. The zero-order chi connectivity index (χ0) is 16.8. The number of hydrogen-bond acceptors (Lipinski definition) is 5. The monoisotopic (exact) mass is 333 g/mol. The summed E-state index contributed by atoms with van der Waals surface area (Å²) < 4.78 is 3.50. The number of nitrogen functional groups attached to an aromatic ring is 1. The van der Waals surface area contributed by atoms with E-state index in [4.69, 9.17) is 5.73 Å². The molecule has 0 aromatic heterocycles. The molecule has 6 heteroatoms. The van der Waals surface area contributed by atoms with E-state index in [9.17, 15) is 0 Å². The molecule has 0 aliphatic carbocycles. The van der Waals surface area contributed by atoms with Crippen molar-refractivity contribution in [2.24, 2.45) is 19.9 Å². The van der Waals surface area contributed by atoms with Crippen molar-refractivity contribution < 1.29 is 0 Å². The third-order valence-corrected chi connectivity index (χ3v) is 3.49. The van der Waals surface area contributed by atoms with Crippen molar-refractivity contribution in [3.63, 3.8) is 0 Å². The number of rotatable bonds is 4. The fourth-order valence-electron chi connectivity index (χ4n) is 2.22. The summed E-state index contributed by atoms with van der Waals surface area (Å²) in [6.45, 7) is 0. The number of nitrogens with zero attached hydrogens (tertiary/aromatic N) is 4. The summed E-state index contributed by atoms with van der Waals surface area (Å²) in [4.78, 5) is 0. The highest BCUT2D eigenvalue weighted by molar-refractivity contribution is 7.78. The van der Waals surface area contributed by atoms with Crippen LogP contribution in [0.4, 0.5) is 22.7 Å². The lowest BCUT2D eigenvalue weighted by atomic mass is 10.0. The van der Waals surface area contributed by atoms with Crippen LogP contribution in [-0.2, 0) is 0 Å². The minimum Gasteiger partial charge on any atom is -0.397 e. The maximum absolute atomic E-state index is 6.01. The van der Waals surface area contributed by atoms with Crippen LogP contribution in [0.2, 0.25) is 0 Å². The Kier molecular flexibility index (Phi) is 4.98. The fourth-order valence-corrected chi connectivity index (χ4v) is 2.32. The van der Waals surface area contributed by atoms with E-state index in [1.807, 2.05) is 72.8 Å². The summed E-state index contributed by atoms with van der Waals surface area (Å²) >= 11 is 3.76. The van der Waals surface area contributed by atoms with Gasteiger partial charge in [0.25, 0.3) is 0 Å². The van der Waals surface area contributed by atoms with Crippen LogP contribution in [0.3, 0.4) is 0 Å². The van der Waals surface area contributed by atoms with Crippen molar-refractivity contribution in [1.29, 1.82) is 0 Å². The van der Waals surface area contributed by atoms with Crippen LogP contribution in [0.25, 0.3) is 11.1 Å². The summed E-state index contributed by atoms with van der Waals surface area (Å²) in [6.07, 6.45) is 0. The van der Waals surface area contributed by atoms with Crippen molar-refractivity contribution in [1.82, 2.24) is 0 Å². The molecule has 0 bridgehead atoms. The Hall–Kier alpha value is -2.99. The molecular formula is C18H15N5S. The van der Waals surface area contributed by atoms with Crippen molar-refractivity contribution >= 4 is 35.6 Å². The maximum Gasteiger partial charge on any atom is 0.109 e. The average molecular weight is 333 g/mol. The van der Waals surface area contributed by atoms with E-state index in [0.717, 1.165) is 22.5 Å². The number of thiol groups is 1. The molecule has 3 aromatic carbocycles. The molecule has 0 atom stereocenters. The van der Waals surface area contributed by atoms with E-state index in [2.05, 4.69) is 32.7 Å². The molecule has 118 valence electrons. The predicted molar refractivity (Wildman–Crippen MR) is 100 cm³/mol. The minimum atomic E-state index is 0.574. The molecular weight excluding hydrogens is 318 g/mol. The van der Waals surface area contributed by atoms with E-state index in [1.54, 1.807) is 0 Å². The molecule has 0 radical (unpaired) electrons. The van der Waals surface area contributed by atoms with Crippen LogP contribution < -0.4 is 5.73 Å². The largest absolute Gasteiger partial charge is 0.397 e. The van der Waals surface area contributed by atoms with Gasteiger partial charge in [-0.15, -0.1) is 14.7 Å². The van der Waals surface area contributed by atoms with Gasteiger partial charge in [-0.25, -0.2) is 0 Å². The SMILES string of the molecule is Nc1ccc(-c2cccc(N=NS)c2)cc1N=Nc1ccccc1. The van der Waals surface area contributed by atoms with Crippen molar-refractivity contribution in [2.45, 2.75) is 0 Å². The van der Waals surface area contributed by atoms with Gasteiger partial charge in [-0.2, -0.15) is 5.11 Å². The van der Waals surface area contributed by atoms with Gasteiger partial charge in [0.05, 0.1) is 17.1 Å². The Bertz CT molecular complexity index is 891. The fraction of sp³-hybridized carbons (Fsp3) is 0. The molecule has 0 heterocycles. The highest BCUT2D eigenvalue weighted by Gasteiger charge is 2.04. The van der Waals surface area contributed by atoms with Gasteiger partial charge in [0, 0.05) is 0 Å². The van der Waals surface area contributed by atoms with E-state index in [-0.39, 0.29) is 0 Å². The van der Waals surface area contributed by atoms with Crippen molar-refractivity contribution in [3.05, 3.63) is 72.8 Å². The first-order valence-corrected chi connectivity index (χ1v) is 7.68. The molecule has 0 amide bonds. The second-order valence-corrected chi connectivity index (χ2v) is 5.23. The number of azo groups is 1. The van der Waals surface area contributed by atoms with Gasteiger partial charge in [0.15, 0.2) is 0 Å². The standard InChI is InChI=1S/C18H15N5S/c19-17-10-9-14(13-5-4-8-16(11-13)21-23-24)12-18(17)22-20-15-6-2-1-3-7-15/h1-12H,19H2,(H,21,24). The van der Waals surface area contributed by atoms with Gasteiger partial charge in [-0.1, -0.05) is 36.4 Å². The summed E-state index contributed by atoms with van der Waals surface area (Å²) in [6, 6.07) is 22.9. The molecule has 3 rings (SSSR count). The van der Waals surface area contributed by atoms with Crippen LogP contribution in [-0.4, -0.2) is 0 Å². The number of hydrogen-bond donors (Lipinski definition) is 2. The van der Waals surface area contributed by atoms with Gasteiger partial charge in [-0.3, -0.25) is 0 Å². The molecule has 0 spiro atoms. The van der Waals surface area contributed by atoms with Gasteiger partial charge >= 0.3 is 0 Å². The van der Waals surface area contributed by atoms with Gasteiger partial charge < -0.3 is 5.73 Å². The van der Waals surface area contributed by atoms with E-state index < -0.39 is 0 Å². The lowest BCUT2D eigenvalue weighted by Crippen LogP contribution is -1.86. The molecule has 0 saturated carbocycles. The molecule has 3 aromatic rings. The Morgan fingerprint density at radius 1 is 0.667 bits per heavy atom. The molecule has 24 heavy (non-hydrogen) atoms. The zero-order valence-electron chi connectivity index (χ0n) is 12.7. The lowest BCUT2D eigenvalue weighted by molar-refractivity contribution is 1.23. The topological polar surface area (TPSA) is 75.5 Å². The minimum absolute atomic E-state index is 0.574. The van der Waals surface area contributed by atoms with Gasteiger partial charge in [-0.05, 0) is 60.3 Å². The average Bonchev–Trinajstić information content (AvgIpc) is 2.62. The first-order chi connectivity index (χ1) is 11.8. The van der Waals surface area contributed by atoms with Gasteiger partial charge in [0.1, 0.15) is 5.69 Å². The highest BCUT2D eigenvalue weighted by Crippen LogP contribution is 2.32. The maximum atomic E-state index is 6.01. The molecule has 0 saturated heterocycles. The molecule has 0 aliphatic rings. The van der Waals surface area contributed by atoms with E-state index in [0.29, 0.717) is 11.4 Å². The van der Waals surface area contributed by atoms with E-state index in [1.165, 1.54) is 0 Å². The van der Waals surface area contributed by atoms with Crippen molar-refractivity contribution in [3.8, 4) is 11.1 Å². The third-order valence-electron chi connectivity index (χ3n) is 3.40. The zero-order valence-corrected chi connectivity index (χ0v) is 13.6. The second-order valence-electron chi connectivity index (χ2n) is 5.05. The van der Waals surface area contributed by atoms with E-state index >= 15 is 0 Å². The quantitative estimate of drug-likeness (QED) is 0.329. The Labute approximate surface area is 145 Å². The summed E-state index contributed by atoms with van der Waals surface area (Å²) in [5.41, 5.74) is 10.7. The molecule has 5 nitrogen and oxygen atoms in total. The van der Waals surface area contributed by atoms with Crippen LogP contribution in [0.15, 0.2) is 92.7 Å². The first-order valence-electron chi connectivity index (χ1n) is 7.28. The number of nitrogens with two attached hydrogens (primary N) is 1. The predicted octanol–water partition coefficient (Wildman–Crippen LogP) is 6.28. The lowest BCUT2D eigenvalue weighted by Gasteiger charge is -2.05. The number of benzene rings is 3. The van der Waals surface area contributed by atoms with Crippen LogP contribution in [0.1, 0.15) is 0 Å². The Balaban J connectivity index is 1.94. The molecule has 2 N–H and O–H groups in total. The van der Waals surface area contributed by atoms with Crippen LogP contribution in [0.5, 0.6) is 0 Å².